The number of aliphatic hydroxyl groups excluding tert-OH is 1. The van der Waals surface area contributed by atoms with E-state index in [1.807, 2.05) is 52.0 Å². The molecule has 4 rings (SSSR count). The average molecular weight is 546 g/mol. The van der Waals surface area contributed by atoms with Crippen molar-refractivity contribution in [2.45, 2.75) is 46.4 Å². The zero-order chi connectivity index (χ0) is 28.8. The summed E-state index contributed by atoms with van der Waals surface area (Å²) in [5, 5.41) is 11.6. The van der Waals surface area contributed by atoms with Crippen LogP contribution in [0.5, 0.6) is 23.0 Å². The van der Waals surface area contributed by atoms with Gasteiger partial charge in [0, 0.05) is 12.6 Å². The van der Waals surface area contributed by atoms with Crippen LogP contribution in [0.3, 0.4) is 0 Å². The molecule has 3 aromatic carbocycles. The van der Waals surface area contributed by atoms with Crippen LogP contribution in [-0.4, -0.2) is 48.1 Å². The molecule has 1 unspecified atom stereocenters. The largest absolute Gasteiger partial charge is 0.507 e. The van der Waals surface area contributed by atoms with Crippen molar-refractivity contribution in [3.63, 3.8) is 0 Å². The van der Waals surface area contributed by atoms with Gasteiger partial charge in [-0.1, -0.05) is 24.3 Å². The number of benzene rings is 3. The van der Waals surface area contributed by atoms with Crippen LogP contribution < -0.4 is 18.9 Å². The molecule has 1 saturated heterocycles. The Balaban J connectivity index is 1.84. The van der Waals surface area contributed by atoms with Crippen molar-refractivity contribution in [3.8, 4) is 23.0 Å². The van der Waals surface area contributed by atoms with Gasteiger partial charge in [0.05, 0.1) is 43.6 Å². The van der Waals surface area contributed by atoms with Gasteiger partial charge in [-0.05, 0) is 75.2 Å². The summed E-state index contributed by atoms with van der Waals surface area (Å²) in [6, 6.07) is 18.7. The SMILES string of the molecule is CCOc1ccc(/C(O)=C2/C(=O)C(=O)N(Cc3ccc(OC)cc3)C2c2ccc(OC(C)C)cc2)c(OCC)c1. The smallest absolute Gasteiger partial charge is 0.295 e. The van der Waals surface area contributed by atoms with Crippen LogP contribution in [0.15, 0.2) is 72.3 Å². The van der Waals surface area contributed by atoms with E-state index in [1.54, 1.807) is 49.6 Å². The molecule has 1 amide bonds. The molecule has 1 atom stereocenters. The summed E-state index contributed by atoms with van der Waals surface area (Å²) in [6.07, 6.45) is -0.0109. The van der Waals surface area contributed by atoms with Gasteiger partial charge in [0.1, 0.15) is 28.8 Å². The molecule has 0 aromatic heterocycles. The topological polar surface area (TPSA) is 94.5 Å². The minimum absolute atomic E-state index is 0.0109. The highest BCUT2D eigenvalue weighted by molar-refractivity contribution is 6.46. The zero-order valence-electron chi connectivity index (χ0n) is 23.5. The molecule has 0 aliphatic carbocycles. The molecule has 8 nitrogen and oxygen atoms in total. The fourth-order valence-corrected chi connectivity index (χ4v) is 4.69. The van der Waals surface area contributed by atoms with Crippen molar-refractivity contribution in [3.05, 3.63) is 89.0 Å². The number of likely N-dealkylation sites (tertiary alicyclic amines) is 1. The van der Waals surface area contributed by atoms with Gasteiger partial charge in [-0.3, -0.25) is 9.59 Å². The molecule has 1 fully saturated rings. The van der Waals surface area contributed by atoms with Crippen molar-refractivity contribution in [2.24, 2.45) is 0 Å². The lowest BCUT2D eigenvalue weighted by atomic mass is 9.94. The molecular weight excluding hydrogens is 510 g/mol. The summed E-state index contributed by atoms with van der Waals surface area (Å²) in [7, 11) is 1.58. The van der Waals surface area contributed by atoms with Crippen LogP contribution in [0, 0.1) is 0 Å². The van der Waals surface area contributed by atoms with Crippen molar-refractivity contribution in [1.29, 1.82) is 0 Å². The number of Topliss-reactive ketones (excluding diaryl/α,β-unsaturated/α-hetero) is 1. The molecule has 0 spiro atoms. The number of carbonyl (C=O) groups excluding carboxylic acids is 2. The summed E-state index contributed by atoms with van der Waals surface area (Å²) in [5.74, 6) is 0.489. The van der Waals surface area contributed by atoms with E-state index < -0.39 is 17.7 Å². The Morgan fingerprint density at radius 2 is 1.50 bits per heavy atom. The molecule has 0 saturated carbocycles. The molecule has 210 valence electrons. The van der Waals surface area contributed by atoms with Gasteiger partial charge >= 0.3 is 0 Å². The number of carbonyl (C=O) groups is 2. The third-order valence-electron chi connectivity index (χ3n) is 6.44. The van der Waals surface area contributed by atoms with Gasteiger partial charge in [0.2, 0.25) is 0 Å². The van der Waals surface area contributed by atoms with Crippen LogP contribution in [-0.2, 0) is 16.1 Å². The van der Waals surface area contributed by atoms with E-state index in [-0.39, 0.29) is 24.0 Å². The standard InChI is InChI=1S/C32H35NO7/c1-6-38-25-16-17-26(27(18-25)39-7-2)30(34)28-29(22-10-14-24(15-11-22)40-20(3)4)33(32(36)31(28)35)19-21-8-12-23(37-5)13-9-21/h8-18,20,29,34H,6-7,19H2,1-5H3/b30-28-. The molecule has 1 N–H and O–H groups in total. The summed E-state index contributed by atoms with van der Waals surface area (Å²) >= 11 is 0. The minimum Gasteiger partial charge on any atom is -0.507 e. The van der Waals surface area contributed by atoms with Crippen LogP contribution >= 0.6 is 0 Å². The van der Waals surface area contributed by atoms with E-state index in [9.17, 15) is 14.7 Å². The minimum atomic E-state index is -0.837. The van der Waals surface area contributed by atoms with E-state index in [2.05, 4.69) is 0 Å². The lowest BCUT2D eigenvalue weighted by molar-refractivity contribution is -0.140. The molecule has 40 heavy (non-hydrogen) atoms. The van der Waals surface area contributed by atoms with Gasteiger partial charge in [0.25, 0.3) is 11.7 Å². The third-order valence-corrected chi connectivity index (χ3v) is 6.44. The lowest BCUT2D eigenvalue weighted by Gasteiger charge is -2.26. The van der Waals surface area contributed by atoms with Crippen molar-refractivity contribution in [1.82, 2.24) is 4.90 Å². The molecule has 0 radical (unpaired) electrons. The zero-order valence-corrected chi connectivity index (χ0v) is 23.5. The van der Waals surface area contributed by atoms with Crippen molar-refractivity contribution in [2.75, 3.05) is 20.3 Å². The first-order chi connectivity index (χ1) is 19.3. The number of hydrogen-bond donors (Lipinski definition) is 1. The van der Waals surface area contributed by atoms with Gasteiger partial charge in [-0.2, -0.15) is 0 Å². The van der Waals surface area contributed by atoms with E-state index in [0.29, 0.717) is 47.3 Å². The van der Waals surface area contributed by atoms with E-state index in [1.165, 1.54) is 4.90 Å². The number of amides is 1. The number of rotatable bonds is 11. The maximum atomic E-state index is 13.5. The first-order valence-corrected chi connectivity index (χ1v) is 13.3. The normalized spacial score (nSPS) is 16.4. The second kappa shape index (κ2) is 12.6. The molecular formula is C32H35NO7. The molecule has 0 bridgehead atoms. The Morgan fingerprint density at radius 1 is 0.875 bits per heavy atom. The van der Waals surface area contributed by atoms with Gasteiger partial charge in [0.15, 0.2) is 0 Å². The molecule has 1 aliphatic rings. The Labute approximate surface area is 234 Å². The number of aliphatic hydroxyl groups is 1. The number of ketones is 1. The monoisotopic (exact) mass is 545 g/mol. The first-order valence-electron chi connectivity index (χ1n) is 13.3. The summed E-state index contributed by atoms with van der Waals surface area (Å²) < 4.78 is 22.4. The van der Waals surface area contributed by atoms with Crippen LogP contribution in [0.4, 0.5) is 0 Å². The Bertz CT molecular complexity index is 1380. The number of nitrogens with zero attached hydrogens (tertiary/aromatic N) is 1. The van der Waals surface area contributed by atoms with Crippen LogP contribution in [0.1, 0.15) is 50.4 Å². The highest BCUT2D eigenvalue weighted by atomic mass is 16.5. The molecule has 3 aromatic rings. The predicted octanol–water partition coefficient (Wildman–Crippen LogP) is 5.90. The second-order valence-electron chi connectivity index (χ2n) is 9.53. The predicted molar refractivity (Wildman–Crippen MR) is 152 cm³/mol. The molecule has 1 aliphatic heterocycles. The van der Waals surface area contributed by atoms with E-state index in [4.69, 9.17) is 18.9 Å². The summed E-state index contributed by atoms with van der Waals surface area (Å²) in [5.41, 5.74) is 1.76. The lowest BCUT2D eigenvalue weighted by Crippen LogP contribution is -2.29. The van der Waals surface area contributed by atoms with E-state index in [0.717, 1.165) is 5.56 Å². The number of methoxy groups -OCH3 is 1. The Morgan fingerprint density at radius 3 is 2.10 bits per heavy atom. The maximum absolute atomic E-state index is 13.5. The Kier molecular flexibility index (Phi) is 8.99. The molecule has 1 heterocycles. The number of ether oxygens (including phenoxy) is 4. The maximum Gasteiger partial charge on any atom is 0.295 e. The van der Waals surface area contributed by atoms with E-state index >= 15 is 0 Å². The fraction of sp³-hybridized carbons (Fsp3) is 0.312. The highest BCUT2D eigenvalue weighted by Gasteiger charge is 2.46. The summed E-state index contributed by atoms with van der Waals surface area (Å²) in [6.45, 7) is 8.52. The molecule has 8 heteroatoms. The number of hydrogen-bond acceptors (Lipinski definition) is 7. The van der Waals surface area contributed by atoms with Crippen molar-refractivity contribution < 1.29 is 33.6 Å². The highest BCUT2D eigenvalue weighted by Crippen LogP contribution is 2.42. The first kappa shape index (κ1) is 28.5. The van der Waals surface area contributed by atoms with Gasteiger partial charge in [-0.15, -0.1) is 0 Å². The average Bonchev–Trinajstić information content (AvgIpc) is 3.19. The quantitative estimate of drug-likeness (QED) is 0.182. The summed E-state index contributed by atoms with van der Waals surface area (Å²) in [4.78, 5) is 28.5. The fourth-order valence-electron chi connectivity index (χ4n) is 4.69. The van der Waals surface area contributed by atoms with Crippen LogP contribution in [0.2, 0.25) is 0 Å². The van der Waals surface area contributed by atoms with Crippen molar-refractivity contribution >= 4 is 17.4 Å². The third kappa shape index (κ3) is 6.06. The second-order valence-corrected chi connectivity index (χ2v) is 9.53. The van der Waals surface area contributed by atoms with Crippen LogP contribution in [0.25, 0.3) is 5.76 Å². The van der Waals surface area contributed by atoms with Gasteiger partial charge < -0.3 is 29.0 Å². The Hall–Kier alpha value is -4.46. The van der Waals surface area contributed by atoms with Gasteiger partial charge in [-0.25, -0.2) is 0 Å².